The molecule has 1 atom stereocenters. The van der Waals surface area contributed by atoms with Gasteiger partial charge in [-0.15, -0.1) is 0 Å². The average Bonchev–Trinajstić information content (AvgIpc) is 2.89. The van der Waals surface area contributed by atoms with Crippen molar-refractivity contribution in [1.82, 2.24) is 5.32 Å². The van der Waals surface area contributed by atoms with Gasteiger partial charge in [0.15, 0.2) is 0 Å². The molecule has 1 aromatic rings. The van der Waals surface area contributed by atoms with Gasteiger partial charge in [-0.2, -0.15) is 0 Å². The molecule has 17 heavy (non-hydrogen) atoms. The maximum Gasteiger partial charge on any atom is 0.0140 e. The number of rotatable bonds is 5. The summed E-state index contributed by atoms with van der Waals surface area (Å²) in [5.74, 6) is 0.903. The van der Waals surface area contributed by atoms with Crippen LogP contribution in [0.15, 0.2) is 36.4 Å². The molecule has 1 saturated carbocycles. The molecule has 1 aromatic carbocycles. The van der Waals surface area contributed by atoms with Crippen LogP contribution in [0, 0.1) is 5.92 Å². The summed E-state index contributed by atoms with van der Waals surface area (Å²) in [6.45, 7) is 3.30. The Morgan fingerprint density at radius 2 is 1.94 bits per heavy atom. The molecule has 1 unspecified atom stereocenters. The van der Waals surface area contributed by atoms with Gasteiger partial charge in [0.25, 0.3) is 0 Å². The van der Waals surface area contributed by atoms with Crippen LogP contribution in [0.2, 0.25) is 0 Å². The van der Waals surface area contributed by atoms with Crippen molar-refractivity contribution in [3.8, 4) is 0 Å². The molecular weight excluding hydrogens is 206 g/mol. The summed E-state index contributed by atoms with van der Waals surface area (Å²) in [5, 5.41) is 3.61. The van der Waals surface area contributed by atoms with E-state index in [9.17, 15) is 0 Å². The highest BCUT2D eigenvalue weighted by molar-refractivity contribution is 5.48. The molecule has 1 aliphatic rings. The maximum absolute atomic E-state index is 3.61. The van der Waals surface area contributed by atoms with E-state index in [0.29, 0.717) is 6.04 Å². The normalized spacial score (nSPS) is 18.9. The molecule has 0 amide bonds. The third-order valence-corrected chi connectivity index (χ3v) is 3.77. The van der Waals surface area contributed by atoms with Crippen LogP contribution in [-0.4, -0.2) is 12.6 Å². The third kappa shape index (κ3) is 4.01. The fraction of sp³-hybridized carbons (Fsp3) is 0.500. The molecule has 2 rings (SSSR count). The third-order valence-electron chi connectivity index (χ3n) is 3.77. The molecule has 0 heterocycles. The predicted octanol–water partition coefficient (Wildman–Crippen LogP) is 3.87. The number of hydrogen-bond acceptors (Lipinski definition) is 1. The van der Waals surface area contributed by atoms with Crippen LogP contribution in [0.5, 0.6) is 0 Å². The van der Waals surface area contributed by atoms with E-state index in [1.165, 1.54) is 31.2 Å². The highest BCUT2D eigenvalue weighted by Gasteiger charge is 2.20. The van der Waals surface area contributed by atoms with Crippen LogP contribution in [0.25, 0.3) is 6.08 Å². The van der Waals surface area contributed by atoms with Gasteiger partial charge in [0.05, 0.1) is 0 Å². The Balaban J connectivity index is 1.70. The van der Waals surface area contributed by atoms with Crippen LogP contribution >= 0.6 is 0 Å². The van der Waals surface area contributed by atoms with Crippen molar-refractivity contribution in [3.05, 3.63) is 42.0 Å². The van der Waals surface area contributed by atoms with Crippen LogP contribution in [0.3, 0.4) is 0 Å². The van der Waals surface area contributed by atoms with Crippen LogP contribution in [-0.2, 0) is 0 Å². The van der Waals surface area contributed by atoms with Gasteiger partial charge >= 0.3 is 0 Å². The molecule has 1 heteroatoms. The lowest BCUT2D eigenvalue weighted by Gasteiger charge is -2.19. The molecule has 1 N–H and O–H groups in total. The molecular formula is C16H23N. The van der Waals surface area contributed by atoms with E-state index in [1.54, 1.807) is 0 Å². The minimum absolute atomic E-state index is 0.665. The summed E-state index contributed by atoms with van der Waals surface area (Å²) in [6, 6.07) is 11.1. The Labute approximate surface area is 105 Å². The van der Waals surface area contributed by atoms with Crippen molar-refractivity contribution in [2.24, 2.45) is 5.92 Å². The summed E-state index contributed by atoms with van der Waals surface area (Å²) in [7, 11) is 0. The second-order valence-electron chi connectivity index (χ2n) is 5.05. The van der Waals surface area contributed by atoms with Gasteiger partial charge in [0.2, 0.25) is 0 Å². The predicted molar refractivity (Wildman–Crippen MR) is 74.9 cm³/mol. The van der Waals surface area contributed by atoms with Crippen molar-refractivity contribution in [2.75, 3.05) is 6.54 Å². The van der Waals surface area contributed by atoms with Crippen molar-refractivity contribution in [3.63, 3.8) is 0 Å². The monoisotopic (exact) mass is 229 g/mol. The van der Waals surface area contributed by atoms with E-state index in [0.717, 1.165) is 12.5 Å². The first kappa shape index (κ1) is 12.4. The average molecular weight is 229 g/mol. The minimum Gasteiger partial charge on any atom is -0.311 e. The van der Waals surface area contributed by atoms with Gasteiger partial charge < -0.3 is 5.32 Å². The Morgan fingerprint density at radius 3 is 2.65 bits per heavy atom. The van der Waals surface area contributed by atoms with E-state index in [-0.39, 0.29) is 0 Å². The largest absolute Gasteiger partial charge is 0.311 e. The molecule has 0 aromatic heterocycles. The molecule has 1 aliphatic carbocycles. The summed E-state index contributed by atoms with van der Waals surface area (Å²) in [4.78, 5) is 0. The second-order valence-corrected chi connectivity index (χ2v) is 5.05. The van der Waals surface area contributed by atoms with Gasteiger partial charge in [0, 0.05) is 12.6 Å². The zero-order valence-corrected chi connectivity index (χ0v) is 10.7. The molecule has 1 nitrogen and oxygen atoms in total. The van der Waals surface area contributed by atoms with E-state index in [2.05, 4.69) is 54.7 Å². The van der Waals surface area contributed by atoms with E-state index in [1.807, 2.05) is 0 Å². The van der Waals surface area contributed by atoms with Crippen molar-refractivity contribution in [1.29, 1.82) is 0 Å². The Bertz CT molecular complexity index is 336. The minimum atomic E-state index is 0.665. The van der Waals surface area contributed by atoms with E-state index < -0.39 is 0 Å². The summed E-state index contributed by atoms with van der Waals surface area (Å²) < 4.78 is 0. The van der Waals surface area contributed by atoms with Gasteiger partial charge in [0.1, 0.15) is 0 Å². The standard InChI is InChI=1S/C16H23N/c1-14(16-11-5-6-12-16)17-13-7-10-15-8-3-2-4-9-15/h2-4,7-10,14,16-17H,5-6,11-13H2,1H3. The topological polar surface area (TPSA) is 12.0 Å². The molecule has 0 bridgehead atoms. The van der Waals surface area contributed by atoms with Gasteiger partial charge in [-0.25, -0.2) is 0 Å². The smallest absolute Gasteiger partial charge is 0.0140 e. The number of nitrogens with one attached hydrogen (secondary N) is 1. The highest BCUT2D eigenvalue weighted by atomic mass is 14.9. The van der Waals surface area contributed by atoms with E-state index in [4.69, 9.17) is 0 Å². The first-order valence-electron chi connectivity index (χ1n) is 6.81. The summed E-state index contributed by atoms with van der Waals surface area (Å²) in [5.41, 5.74) is 1.28. The zero-order valence-electron chi connectivity index (χ0n) is 10.7. The van der Waals surface area contributed by atoms with Gasteiger partial charge in [-0.1, -0.05) is 55.3 Å². The summed E-state index contributed by atoms with van der Waals surface area (Å²) in [6.07, 6.45) is 10.1. The lowest BCUT2D eigenvalue weighted by molar-refractivity contribution is 0.395. The lowest BCUT2D eigenvalue weighted by Crippen LogP contribution is -2.32. The second kappa shape index (κ2) is 6.61. The summed E-state index contributed by atoms with van der Waals surface area (Å²) >= 11 is 0. The molecule has 92 valence electrons. The zero-order chi connectivity index (χ0) is 11.9. The van der Waals surface area contributed by atoms with Crippen LogP contribution in [0.1, 0.15) is 38.2 Å². The number of benzene rings is 1. The lowest BCUT2D eigenvalue weighted by atomic mass is 10.00. The number of hydrogen-bond donors (Lipinski definition) is 1. The van der Waals surface area contributed by atoms with E-state index >= 15 is 0 Å². The van der Waals surface area contributed by atoms with Gasteiger partial charge in [-0.05, 0) is 31.2 Å². The molecule has 0 spiro atoms. The van der Waals surface area contributed by atoms with Crippen molar-refractivity contribution in [2.45, 2.75) is 38.6 Å². The molecule has 1 fully saturated rings. The van der Waals surface area contributed by atoms with Crippen LogP contribution in [0.4, 0.5) is 0 Å². The Kier molecular flexibility index (Phi) is 4.81. The van der Waals surface area contributed by atoms with Crippen LogP contribution < -0.4 is 5.32 Å². The first-order valence-corrected chi connectivity index (χ1v) is 6.81. The van der Waals surface area contributed by atoms with Gasteiger partial charge in [-0.3, -0.25) is 0 Å². The SMILES string of the molecule is CC(NCC=Cc1ccccc1)C1CCCC1. The van der Waals surface area contributed by atoms with Crippen molar-refractivity contribution >= 4 is 6.08 Å². The van der Waals surface area contributed by atoms with Crippen molar-refractivity contribution < 1.29 is 0 Å². The Hall–Kier alpha value is -1.08. The fourth-order valence-electron chi connectivity index (χ4n) is 2.64. The Morgan fingerprint density at radius 1 is 1.24 bits per heavy atom. The molecule has 0 saturated heterocycles. The highest BCUT2D eigenvalue weighted by Crippen LogP contribution is 2.27. The maximum atomic E-state index is 3.61. The quantitative estimate of drug-likeness (QED) is 0.808. The molecule has 0 radical (unpaired) electrons. The fourth-order valence-corrected chi connectivity index (χ4v) is 2.64. The molecule has 0 aliphatic heterocycles. The first-order chi connectivity index (χ1) is 8.36.